The van der Waals surface area contributed by atoms with E-state index >= 15 is 0 Å². The molecular formula is C15H21N3O. The Balaban J connectivity index is 2.11. The number of likely N-dealkylation sites (tertiary alicyclic amines) is 1. The number of ether oxygens (including phenoxy) is 1. The van der Waals surface area contributed by atoms with E-state index in [4.69, 9.17) is 10.00 Å². The van der Waals surface area contributed by atoms with Crippen LogP contribution in [0.1, 0.15) is 24.0 Å². The zero-order valence-electron chi connectivity index (χ0n) is 11.6. The molecule has 1 unspecified atom stereocenters. The third-order valence-electron chi connectivity index (χ3n) is 3.72. The zero-order chi connectivity index (χ0) is 13.7. The van der Waals surface area contributed by atoms with Crippen molar-refractivity contribution in [2.24, 2.45) is 0 Å². The number of methoxy groups -OCH3 is 1. The fourth-order valence-electron chi connectivity index (χ4n) is 2.65. The highest BCUT2D eigenvalue weighted by Crippen LogP contribution is 2.23. The molecule has 1 atom stereocenters. The summed E-state index contributed by atoms with van der Waals surface area (Å²) in [6, 6.07) is 8.37. The summed E-state index contributed by atoms with van der Waals surface area (Å²) in [5.74, 6) is 0.866. The second-order valence-corrected chi connectivity index (χ2v) is 5.00. The number of nitriles is 1. The fourth-order valence-corrected chi connectivity index (χ4v) is 2.65. The summed E-state index contributed by atoms with van der Waals surface area (Å²) in [5.41, 5.74) is 1.79. The summed E-state index contributed by atoms with van der Waals surface area (Å²) in [5, 5.41) is 12.3. The van der Waals surface area contributed by atoms with Gasteiger partial charge < -0.3 is 10.1 Å². The van der Waals surface area contributed by atoms with Gasteiger partial charge >= 0.3 is 0 Å². The molecule has 1 aromatic rings. The van der Waals surface area contributed by atoms with Crippen LogP contribution in [0.2, 0.25) is 0 Å². The van der Waals surface area contributed by atoms with Crippen LogP contribution in [-0.2, 0) is 6.54 Å². The number of rotatable bonds is 4. The van der Waals surface area contributed by atoms with Gasteiger partial charge in [0.15, 0.2) is 0 Å². The molecule has 1 N–H and O–H groups in total. The third-order valence-corrected chi connectivity index (χ3v) is 3.72. The summed E-state index contributed by atoms with van der Waals surface area (Å²) in [6.45, 7) is 3.01. The Labute approximate surface area is 115 Å². The largest absolute Gasteiger partial charge is 0.496 e. The molecule has 1 heterocycles. The van der Waals surface area contributed by atoms with Crippen molar-refractivity contribution in [1.82, 2.24) is 10.2 Å². The quantitative estimate of drug-likeness (QED) is 0.895. The first-order valence-corrected chi connectivity index (χ1v) is 6.73. The van der Waals surface area contributed by atoms with E-state index in [1.54, 1.807) is 13.2 Å². The molecule has 0 aliphatic carbocycles. The van der Waals surface area contributed by atoms with Crippen molar-refractivity contribution in [2.45, 2.75) is 25.4 Å². The lowest BCUT2D eigenvalue weighted by molar-refractivity contribution is 0.186. The Kier molecular flexibility index (Phi) is 4.78. The van der Waals surface area contributed by atoms with E-state index in [1.165, 1.54) is 12.8 Å². The van der Waals surface area contributed by atoms with E-state index in [0.29, 0.717) is 11.6 Å². The predicted molar refractivity (Wildman–Crippen MR) is 75.1 cm³/mol. The Hall–Kier alpha value is -1.57. The number of hydrogen-bond acceptors (Lipinski definition) is 4. The van der Waals surface area contributed by atoms with Gasteiger partial charge in [0.05, 0.1) is 18.7 Å². The standard InChI is InChI=1S/C15H21N3O/c1-17-14-4-3-7-18(11-14)10-13-8-12(9-16)5-6-15(13)19-2/h5-6,8,14,17H,3-4,7,10-11H2,1-2H3. The van der Waals surface area contributed by atoms with E-state index in [2.05, 4.69) is 16.3 Å². The van der Waals surface area contributed by atoms with Gasteiger partial charge in [0, 0.05) is 24.7 Å². The molecule has 1 aromatic carbocycles. The maximum Gasteiger partial charge on any atom is 0.123 e. The number of benzene rings is 1. The summed E-state index contributed by atoms with van der Waals surface area (Å²) in [4.78, 5) is 2.42. The Morgan fingerprint density at radius 1 is 1.53 bits per heavy atom. The number of likely N-dealkylation sites (N-methyl/N-ethyl adjacent to an activating group) is 1. The SMILES string of the molecule is CNC1CCCN(Cc2cc(C#N)ccc2OC)C1. The van der Waals surface area contributed by atoms with E-state index in [1.807, 2.05) is 19.2 Å². The molecule has 2 rings (SSSR count). The minimum Gasteiger partial charge on any atom is -0.496 e. The first kappa shape index (κ1) is 13.9. The van der Waals surface area contributed by atoms with Crippen LogP contribution in [0.3, 0.4) is 0 Å². The molecular weight excluding hydrogens is 238 g/mol. The van der Waals surface area contributed by atoms with Crippen molar-refractivity contribution in [3.05, 3.63) is 29.3 Å². The van der Waals surface area contributed by atoms with Gasteiger partial charge in [0.1, 0.15) is 5.75 Å². The molecule has 0 spiro atoms. The highest BCUT2D eigenvalue weighted by Gasteiger charge is 2.19. The average Bonchev–Trinajstić information content (AvgIpc) is 2.47. The van der Waals surface area contributed by atoms with Crippen molar-refractivity contribution in [3.63, 3.8) is 0 Å². The summed E-state index contributed by atoms with van der Waals surface area (Å²) in [7, 11) is 3.70. The molecule has 19 heavy (non-hydrogen) atoms. The van der Waals surface area contributed by atoms with Crippen LogP contribution in [0.15, 0.2) is 18.2 Å². The molecule has 0 amide bonds. The van der Waals surface area contributed by atoms with Crippen molar-refractivity contribution >= 4 is 0 Å². The van der Waals surface area contributed by atoms with Crippen LogP contribution in [0.5, 0.6) is 5.75 Å². The zero-order valence-corrected chi connectivity index (χ0v) is 11.6. The smallest absolute Gasteiger partial charge is 0.123 e. The molecule has 1 aliphatic rings. The number of piperidine rings is 1. The number of hydrogen-bond donors (Lipinski definition) is 1. The Bertz CT molecular complexity index is 467. The average molecular weight is 259 g/mol. The van der Waals surface area contributed by atoms with Crippen LogP contribution in [0.4, 0.5) is 0 Å². The fraction of sp³-hybridized carbons (Fsp3) is 0.533. The van der Waals surface area contributed by atoms with Crippen LogP contribution in [0.25, 0.3) is 0 Å². The van der Waals surface area contributed by atoms with Crippen LogP contribution < -0.4 is 10.1 Å². The first-order chi connectivity index (χ1) is 9.26. The Morgan fingerprint density at radius 2 is 2.37 bits per heavy atom. The van der Waals surface area contributed by atoms with E-state index in [-0.39, 0.29) is 0 Å². The number of nitrogens with zero attached hydrogens (tertiary/aromatic N) is 2. The number of nitrogens with one attached hydrogen (secondary N) is 1. The summed E-state index contributed by atoms with van der Waals surface area (Å²) < 4.78 is 5.39. The maximum absolute atomic E-state index is 9.00. The van der Waals surface area contributed by atoms with Gasteiger partial charge in [-0.1, -0.05) is 0 Å². The van der Waals surface area contributed by atoms with Crippen molar-refractivity contribution in [1.29, 1.82) is 5.26 Å². The van der Waals surface area contributed by atoms with Gasteiger partial charge in [0.2, 0.25) is 0 Å². The van der Waals surface area contributed by atoms with Crippen molar-refractivity contribution in [2.75, 3.05) is 27.2 Å². The molecule has 4 nitrogen and oxygen atoms in total. The first-order valence-electron chi connectivity index (χ1n) is 6.73. The normalized spacial score (nSPS) is 19.9. The van der Waals surface area contributed by atoms with Crippen LogP contribution in [-0.4, -0.2) is 38.2 Å². The second-order valence-electron chi connectivity index (χ2n) is 5.00. The molecule has 0 saturated carbocycles. The minimum atomic E-state index is 0.568. The Morgan fingerprint density at radius 3 is 3.05 bits per heavy atom. The maximum atomic E-state index is 9.00. The second kappa shape index (κ2) is 6.55. The predicted octanol–water partition coefficient (Wildman–Crippen LogP) is 1.75. The van der Waals surface area contributed by atoms with Gasteiger partial charge in [-0.3, -0.25) is 4.90 Å². The van der Waals surface area contributed by atoms with E-state index in [9.17, 15) is 0 Å². The van der Waals surface area contributed by atoms with Crippen molar-refractivity contribution < 1.29 is 4.74 Å². The lowest BCUT2D eigenvalue weighted by atomic mass is 10.0. The van der Waals surface area contributed by atoms with Crippen LogP contribution >= 0.6 is 0 Å². The summed E-state index contributed by atoms with van der Waals surface area (Å²) in [6.07, 6.45) is 2.45. The van der Waals surface area contributed by atoms with Gasteiger partial charge in [0.25, 0.3) is 0 Å². The van der Waals surface area contributed by atoms with Gasteiger partial charge in [-0.2, -0.15) is 5.26 Å². The molecule has 1 fully saturated rings. The lowest BCUT2D eigenvalue weighted by Crippen LogP contribution is -2.43. The lowest BCUT2D eigenvalue weighted by Gasteiger charge is -2.32. The van der Waals surface area contributed by atoms with Crippen molar-refractivity contribution in [3.8, 4) is 11.8 Å². The molecule has 1 aliphatic heterocycles. The van der Waals surface area contributed by atoms with Gasteiger partial charge in [-0.15, -0.1) is 0 Å². The van der Waals surface area contributed by atoms with E-state index < -0.39 is 0 Å². The van der Waals surface area contributed by atoms with Gasteiger partial charge in [-0.05, 0) is 44.6 Å². The topological polar surface area (TPSA) is 48.3 Å². The third kappa shape index (κ3) is 3.46. The summed E-state index contributed by atoms with van der Waals surface area (Å²) >= 11 is 0. The molecule has 1 saturated heterocycles. The highest BCUT2D eigenvalue weighted by molar-refractivity contribution is 5.42. The molecule has 0 bridgehead atoms. The molecule has 102 valence electrons. The molecule has 0 radical (unpaired) electrons. The van der Waals surface area contributed by atoms with Gasteiger partial charge in [-0.25, -0.2) is 0 Å². The molecule has 0 aromatic heterocycles. The monoisotopic (exact) mass is 259 g/mol. The highest BCUT2D eigenvalue weighted by atomic mass is 16.5. The van der Waals surface area contributed by atoms with Crippen LogP contribution in [0, 0.1) is 11.3 Å². The molecule has 4 heteroatoms. The van der Waals surface area contributed by atoms with E-state index in [0.717, 1.165) is 30.9 Å². The minimum absolute atomic E-state index is 0.568.